The van der Waals surface area contributed by atoms with Crippen LogP contribution < -0.4 is 0 Å². The Morgan fingerprint density at radius 1 is 1.21 bits per heavy atom. The molecule has 0 saturated heterocycles. The molecule has 0 aliphatic carbocycles. The molecular weight excluding hydrogens is 182 g/mol. The molecule has 0 rings (SSSR count). The maximum Gasteiger partial charge on any atom is 0.323 e. The first kappa shape index (κ1) is 12.8. The van der Waals surface area contributed by atoms with Crippen LogP contribution in [0.25, 0.3) is 0 Å². The molecule has 0 N–H and O–H groups in total. The van der Waals surface area contributed by atoms with Gasteiger partial charge in [0.15, 0.2) is 0 Å². The standard InChI is InChI=1S/C10H17NO3/c1-9(2,3)8(13)10(4,5)6-11-14-7-12/h6-7H,1-5H3. The van der Waals surface area contributed by atoms with Gasteiger partial charge in [-0.15, -0.1) is 0 Å². The normalized spacial score (nSPS) is 12.9. The van der Waals surface area contributed by atoms with Gasteiger partial charge in [0, 0.05) is 5.41 Å². The maximum absolute atomic E-state index is 11.8. The Hall–Kier alpha value is -1.19. The van der Waals surface area contributed by atoms with E-state index in [1.807, 2.05) is 20.8 Å². The first-order valence-corrected chi connectivity index (χ1v) is 4.40. The zero-order chi connectivity index (χ0) is 11.4. The summed E-state index contributed by atoms with van der Waals surface area (Å²) in [5.41, 5.74) is -1.15. The van der Waals surface area contributed by atoms with Crippen molar-refractivity contribution in [2.45, 2.75) is 34.6 Å². The van der Waals surface area contributed by atoms with E-state index < -0.39 is 10.8 Å². The summed E-state index contributed by atoms with van der Waals surface area (Å²) >= 11 is 0. The van der Waals surface area contributed by atoms with Crippen LogP contribution in [0.1, 0.15) is 34.6 Å². The second-order valence-corrected chi connectivity index (χ2v) is 4.74. The van der Waals surface area contributed by atoms with Gasteiger partial charge in [-0.05, 0) is 13.8 Å². The molecule has 0 aliphatic rings. The summed E-state index contributed by atoms with van der Waals surface area (Å²) < 4.78 is 0. The highest BCUT2D eigenvalue weighted by molar-refractivity contribution is 6.01. The molecule has 4 heteroatoms. The minimum atomic E-state index is -0.721. The van der Waals surface area contributed by atoms with Crippen LogP contribution in [0.4, 0.5) is 0 Å². The van der Waals surface area contributed by atoms with E-state index >= 15 is 0 Å². The van der Waals surface area contributed by atoms with E-state index in [2.05, 4.69) is 9.99 Å². The Balaban J connectivity index is 4.62. The minimum Gasteiger partial charge on any atom is -0.322 e. The molecule has 0 spiro atoms. The molecule has 0 fully saturated rings. The number of nitrogens with zero attached hydrogens (tertiary/aromatic N) is 1. The molecule has 0 aromatic rings. The maximum atomic E-state index is 11.8. The van der Waals surface area contributed by atoms with Gasteiger partial charge in [0.2, 0.25) is 0 Å². The highest BCUT2D eigenvalue weighted by Gasteiger charge is 2.34. The Morgan fingerprint density at radius 2 is 1.71 bits per heavy atom. The SMILES string of the molecule is CC(C)(C)C(=O)C(C)(C)C=NOC=O. The number of carbonyl (C=O) groups excluding carboxylic acids is 2. The quantitative estimate of drug-likeness (QED) is 0.300. The number of carbonyl (C=O) groups is 2. The molecule has 0 aromatic heterocycles. The lowest BCUT2D eigenvalue weighted by Gasteiger charge is -2.26. The second kappa shape index (κ2) is 4.35. The summed E-state index contributed by atoms with van der Waals surface area (Å²) in [4.78, 5) is 25.9. The lowest BCUT2D eigenvalue weighted by atomic mass is 9.75. The van der Waals surface area contributed by atoms with Crippen molar-refractivity contribution in [3.05, 3.63) is 0 Å². The fourth-order valence-corrected chi connectivity index (χ4v) is 1.21. The molecule has 0 radical (unpaired) electrons. The Kier molecular flexibility index (Phi) is 3.98. The Bertz CT molecular complexity index is 249. The van der Waals surface area contributed by atoms with Crippen LogP contribution in [-0.2, 0) is 14.4 Å². The predicted molar refractivity (Wildman–Crippen MR) is 53.9 cm³/mol. The van der Waals surface area contributed by atoms with E-state index in [1.165, 1.54) is 6.21 Å². The van der Waals surface area contributed by atoms with Crippen molar-refractivity contribution in [3.8, 4) is 0 Å². The van der Waals surface area contributed by atoms with Gasteiger partial charge in [-0.25, -0.2) is 0 Å². The van der Waals surface area contributed by atoms with Crippen LogP contribution in [0.2, 0.25) is 0 Å². The molecule has 0 heterocycles. The topological polar surface area (TPSA) is 55.7 Å². The number of ketones is 1. The van der Waals surface area contributed by atoms with E-state index in [4.69, 9.17) is 0 Å². The number of hydrogen-bond acceptors (Lipinski definition) is 4. The van der Waals surface area contributed by atoms with E-state index in [9.17, 15) is 9.59 Å². The van der Waals surface area contributed by atoms with Gasteiger partial charge in [-0.3, -0.25) is 9.59 Å². The third-order valence-electron chi connectivity index (χ3n) is 1.75. The third-order valence-corrected chi connectivity index (χ3v) is 1.75. The average Bonchev–Trinajstić information content (AvgIpc) is 2.01. The zero-order valence-electron chi connectivity index (χ0n) is 9.33. The molecule has 0 amide bonds. The number of hydrogen-bond donors (Lipinski definition) is 0. The average molecular weight is 199 g/mol. The van der Waals surface area contributed by atoms with Gasteiger partial charge in [0.1, 0.15) is 5.78 Å². The molecule has 0 aromatic carbocycles. The van der Waals surface area contributed by atoms with E-state index in [-0.39, 0.29) is 12.3 Å². The third kappa shape index (κ3) is 3.68. The second-order valence-electron chi connectivity index (χ2n) is 4.74. The minimum absolute atomic E-state index is 0.0447. The molecule has 0 saturated carbocycles. The fourth-order valence-electron chi connectivity index (χ4n) is 1.21. The van der Waals surface area contributed by atoms with Crippen molar-refractivity contribution in [3.63, 3.8) is 0 Å². The molecule has 4 nitrogen and oxygen atoms in total. The molecule has 0 bridgehead atoms. The highest BCUT2D eigenvalue weighted by atomic mass is 16.7. The molecule has 0 unspecified atom stereocenters. The van der Waals surface area contributed by atoms with E-state index in [0.29, 0.717) is 0 Å². The highest BCUT2D eigenvalue weighted by Crippen LogP contribution is 2.27. The summed E-state index contributed by atoms with van der Waals surface area (Å²) in [5.74, 6) is 0.0447. The van der Waals surface area contributed by atoms with Crippen LogP contribution >= 0.6 is 0 Å². The number of Topliss-reactive ketones (excluding diaryl/α,β-unsaturated/α-hetero) is 1. The van der Waals surface area contributed by atoms with Crippen LogP contribution in [0, 0.1) is 10.8 Å². The first-order chi connectivity index (χ1) is 6.22. The van der Waals surface area contributed by atoms with Crippen molar-refractivity contribution in [2.24, 2.45) is 16.0 Å². The summed E-state index contributed by atoms with van der Waals surface area (Å²) in [6.07, 6.45) is 1.34. The molecule has 80 valence electrons. The molecule has 0 atom stereocenters. The largest absolute Gasteiger partial charge is 0.323 e. The monoisotopic (exact) mass is 199 g/mol. The smallest absolute Gasteiger partial charge is 0.322 e. The lowest BCUT2D eigenvalue weighted by Crippen LogP contribution is -2.36. The summed E-state index contributed by atoms with van der Waals surface area (Å²) in [7, 11) is 0. The van der Waals surface area contributed by atoms with Gasteiger partial charge >= 0.3 is 6.47 Å². The molecular formula is C10H17NO3. The number of rotatable bonds is 4. The van der Waals surface area contributed by atoms with Crippen molar-refractivity contribution >= 4 is 18.5 Å². The van der Waals surface area contributed by atoms with Crippen molar-refractivity contribution < 1.29 is 14.4 Å². The van der Waals surface area contributed by atoms with Gasteiger partial charge in [-0.2, -0.15) is 0 Å². The predicted octanol–water partition coefficient (Wildman–Crippen LogP) is 1.79. The Morgan fingerprint density at radius 3 is 2.07 bits per heavy atom. The Labute approximate surface area is 84.3 Å². The van der Waals surface area contributed by atoms with Crippen molar-refractivity contribution in [1.82, 2.24) is 0 Å². The molecule has 0 aliphatic heterocycles. The van der Waals surface area contributed by atoms with E-state index in [1.54, 1.807) is 13.8 Å². The van der Waals surface area contributed by atoms with Gasteiger partial charge in [-0.1, -0.05) is 25.9 Å². The summed E-state index contributed by atoms with van der Waals surface area (Å²) in [6.45, 7) is 9.20. The summed E-state index contributed by atoms with van der Waals surface area (Å²) in [5, 5.41) is 3.38. The van der Waals surface area contributed by atoms with E-state index in [0.717, 1.165) is 0 Å². The van der Waals surface area contributed by atoms with Crippen LogP contribution in [0.3, 0.4) is 0 Å². The molecule has 14 heavy (non-hydrogen) atoms. The fraction of sp³-hybridized carbons (Fsp3) is 0.700. The van der Waals surface area contributed by atoms with Gasteiger partial charge < -0.3 is 4.84 Å². The lowest BCUT2D eigenvalue weighted by molar-refractivity contribution is -0.132. The van der Waals surface area contributed by atoms with Gasteiger partial charge in [0.05, 0.1) is 11.6 Å². The van der Waals surface area contributed by atoms with Gasteiger partial charge in [0.25, 0.3) is 0 Å². The van der Waals surface area contributed by atoms with Crippen LogP contribution in [0.5, 0.6) is 0 Å². The van der Waals surface area contributed by atoms with Crippen molar-refractivity contribution in [2.75, 3.05) is 0 Å². The zero-order valence-corrected chi connectivity index (χ0v) is 9.33. The van der Waals surface area contributed by atoms with Crippen molar-refractivity contribution in [1.29, 1.82) is 0 Å². The first-order valence-electron chi connectivity index (χ1n) is 4.40. The van der Waals surface area contributed by atoms with Crippen LogP contribution in [0.15, 0.2) is 5.16 Å². The number of oxime groups is 1. The summed E-state index contributed by atoms with van der Waals surface area (Å²) in [6, 6.07) is 0. The van der Waals surface area contributed by atoms with Crippen LogP contribution in [-0.4, -0.2) is 18.5 Å².